The van der Waals surface area contributed by atoms with Gasteiger partial charge in [-0.25, -0.2) is 4.98 Å². The van der Waals surface area contributed by atoms with Crippen molar-refractivity contribution >= 4 is 16.7 Å². The number of aromatic nitrogens is 6. The molecule has 0 amide bonds. The molecule has 0 radical (unpaired) electrons. The van der Waals surface area contributed by atoms with E-state index in [1.165, 1.54) is 0 Å². The van der Waals surface area contributed by atoms with Gasteiger partial charge in [0.15, 0.2) is 17.3 Å². The summed E-state index contributed by atoms with van der Waals surface area (Å²) in [6, 6.07) is 47.7. The molecule has 0 bridgehead atoms. The lowest BCUT2D eigenvalue weighted by molar-refractivity contribution is 1.06. The van der Waals surface area contributed by atoms with Gasteiger partial charge in [-0.3, -0.25) is 13.5 Å². The third kappa shape index (κ3) is 3.69. The number of hydrogen-bond donors (Lipinski definition) is 0. The van der Waals surface area contributed by atoms with Crippen LogP contribution in [0.25, 0.3) is 62.1 Å². The van der Waals surface area contributed by atoms with E-state index < -0.39 is 0 Å². The first-order valence-corrected chi connectivity index (χ1v) is 13.6. The van der Waals surface area contributed by atoms with Gasteiger partial charge in [-0.1, -0.05) is 103 Å². The summed E-state index contributed by atoms with van der Waals surface area (Å²) < 4.78 is 6.61. The summed E-state index contributed by atoms with van der Waals surface area (Å²) in [7, 11) is 0. The quantitative estimate of drug-likeness (QED) is 0.228. The van der Waals surface area contributed by atoms with Gasteiger partial charge in [-0.05, 0) is 36.4 Å². The maximum Gasteiger partial charge on any atom is 0.170 e. The van der Waals surface area contributed by atoms with Crippen molar-refractivity contribution in [1.29, 1.82) is 0 Å². The summed E-state index contributed by atoms with van der Waals surface area (Å²) in [6.07, 6.45) is 1.92. The summed E-state index contributed by atoms with van der Waals surface area (Å²) in [5.41, 5.74) is 9.13. The van der Waals surface area contributed by atoms with Crippen molar-refractivity contribution in [1.82, 2.24) is 28.7 Å². The maximum absolute atomic E-state index is 4.88. The van der Waals surface area contributed by atoms with E-state index in [-0.39, 0.29) is 0 Å². The molecule has 0 aliphatic heterocycles. The normalized spacial score (nSPS) is 11.4. The average molecular weight is 529 g/mol. The van der Waals surface area contributed by atoms with Crippen molar-refractivity contribution in [2.75, 3.05) is 0 Å². The molecule has 0 unspecified atom stereocenters. The van der Waals surface area contributed by atoms with Crippen LogP contribution in [0.3, 0.4) is 0 Å². The number of para-hydroxylation sites is 4. The Kier molecular flexibility index (Phi) is 5.35. The molecule has 8 aromatic rings. The van der Waals surface area contributed by atoms with Crippen molar-refractivity contribution in [3.8, 4) is 45.4 Å². The second-order valence-electron chi connectivity index (χ2n) is 9.88. The summed E-state index contributed by atoms with van der Waals surface area (Å²) >= 11 is 0. The summed E-state index contributed by atoms with van der Waals surface area (Å²) in [5.74, 6) is 1.56. The molecule has 0 aliphatic rings. The molecule has 6 heteroatoms. The van der Waals surface area contributed by atoms with Crippen LogP contribution in [0, 0.1) is 0 Å². The minimum atomic E-state index is 0.766. The Hall–Kier alpha value is -5.75. The molecule has 5 aromatic carbocycles. The highest BCUT2D eigenvalue weighted by Gasteiger charge is 2.23. The van der Waals surface area contributed by atoms with Crippen LogP contribution in [-0.2, 0) is 0 Å². The van der Waals surface area contributed by atoms with Crippen LogP contribution in [0.1, 0.15) is 0 Å². The van der Waals surface area contributed by atoms with E-state index in [4.69, 9.17) is 15.2 Å². The van der Waals surface area contributed by atoms with E-state index in [9.17, 15) is 0 Å². The van der Waals surface area contributed by atoms with E-state index in [0.717, 1.165) is 62.1 Å². The lowest BCUT2D eigenvalue weighted by atomic mass is 10.1. The minimum absolute atomic E-state index is 0.766. The fraction of sp³-hybridized carbons (Fsp3) is 0. The molecule has 41 heavy (non-hydrogen) atoms. The Balaban J connectivity index is 1.45. The smallest absolute Gasteiger partial charge is 0.170 e. The third-order valence-electron chi connectivity index (χ3n) is 7.48. The van der Waals surface area contributed by atoms with Gasteiger partial charge < -0.3 is 0 Å². The van der Waals surface area contributed by atoms with E-state index in [0.29, 0.717) is 0 Å². The topological polar surface area (TPSA) is 52.9 Å². The van der Waals surface area contributed by atoms with Crippen LogP contribution in [-0.4, -0.2) is 28.7 Å². The van der Waals surface area contributed by atoms with E-state index >= 15 is 0 Å². The number of nitrogens with zero attached hydrogens (tertiary/aromatic N) is 6. The third-order valence-corrected chi connectivity index (χ3v) is 7.48. The predicted octanol–water partition coefficient (Wildman–Crippen LogP) is 7.86. The lowest BCUT2D eigenvalue weighted by Gasteiger charge is -2.15. The highest BCUT2D eigenvalue weighted by atomic mass is 15.3. The molecule has 0 aliphatic carbocycles. The Morgan fingerprint density at radius 3 is 1.80 bits per heavy atom. The number of rotatable bonds is 5. The average Bonchev–Trinajstić information content (AvgIpc) is 3.76. The number of benzene rings is 5. The first-order chi connectivity index (χ1) is 20.4. The highest BCUT2D eigenvalue weighted by Crippen LogP contribution is 2.37. The molecular weight excluding hydrogens is 504 g/mol. The standard InChI is InChI=1S/C35H24N6/c1-4-14-25(15-5-1)32-35-39(24-36-32)30-22-12-13-23-31(30)41(35)29-21-11-10-20-28(29)34-38-37-33(26-16-6-2-7-17-26)40(34)27-18-8-3-9-19-27/h1-24H. The van der Waals surface area contributed by atoms with Crippen molar-refractivity contribution in [2.45, 2.75) is 0 Å². The Morgan fingerprint density at radius 1 is 0.463 bits per heavy atom. The molecule has 0 saturated carbocycles. The number of hydrogen-bond acceptors (Lipinski definition) is 3. The van der Waals surface area contributed by atoms with Gasteiger partial charge in [-0.2, -0.15) is 0 Å². The molecule has 194 valence electrons. The van der Waals surface area contributed by atoms with Crippen LogP contribution in [0.15, 0.2) is 146 Å². The maximum atomic E-state index is 4.88. The van der Waals surface area contributed by atoms with Gasteiger partial charge in [0.05, 0.1) is 16.7 Å². The molecule has 8 rings (SSSR count). The fourth-order valence-electron chi connectivity index (χ4n) is 5.66. The van der Waals surface area contributed by atoms with Crippen molar-refractivity contribution in [3.63, 3.8) is 0 Å². The first kappa shape index (κ1) is 23.2. The van der Waals surface area contributed by atoms with E-state index in [1.54, 1.807) is 0 Å². The molecule has 0 atom stereocenters. The van der Waals surface area contributed by atoms with Gasteiger partial charge in [0.25, 0.3) is 0 Å². The van der Waals surface area contributed by atoms with Crippen LogP contribution in [0.5, 0.6) is 0 Å². The SMILES string of the molecule is c1ccc(-c2ncn3c4ccccc4n(-c4ccccc4-c4nnc(-c5ccccc5)n4-c4ccccc4)c23)cc1. The lowest BCUT2D eigenvalue weighted by Crippen LogP contribution is -2.04. The molecule has 3 heterocycles. The molecule has 3 aromatic heterocycles. The largest absolute Gasteiger partial charge is 0.291 e. The molecular formula is C35H24N6. The van der Waals surface area contributed by atoms with Crippen molar-refractivity contribution < 1.29 is 0 Å². The zero-order valence-corrected chi connectivity index (χ0v) is 22.0. The van der Waals surface area contributed by atoms with Crippen LogP contribution in [0.4, 0.5) is 0 Å². The molecule has 0 N–H and O–H groups in total. The van der Waals surface area contributed by atoms with Crippen LogP contribution < -0.4 is 0 Å². The predicted molar refractivity (Wildman–Crippen MR) is 163 cm³/mol. The molecule has 0 saturated heterocycles. The zero-order valence-electron chi connectivity index (χ0n) is 22.0. The number of imidazole rings is 2. The van der Waals surface area contributed by atoms with Crippen molar-refractivity contribution in [2.24, 2.45) is 0 Å². The summed E-state index contributed by atoms with van der Waals surface area (Å²) in [6.45, 7) is 0. The second-order valence-corrected chi connectivity index (χ2v) is 9.88. The Labute approximate surface area is 236 Å². The summed E-state index contributed by atoms with van der Waals surface area (Å²) in [4.78, 5) is 4.88. The van der Waals surface area contributed by atoms with Gasteiger partial charge in [0.1, 0.15) is 12.0 Å². The summed E-state index contributed by atoms with van der Waals surface area (Å²) in [5, 5.41) is 9.54. The second kappa shape index (κ2) is 9.47. The van der Waals surface area contributed by atoms with Gasteiger partial charge in [0, 0.05) is 22.4 Å². The molecule has 0 spiro atoms. The zero-order chi connectivity index (χ0) is 27.2. The first-order valence-electron chi connectivity index (χ1n) is 13.6. The van der Waals surface area contributed by atoms with Crippen molar-refractivity contribution in [3.05, 3.63) is 146 Å². The highest BCUT2D eigenvalue weighted by molar-refractivity contribution is 5.92. The Bertz CT molecular complexity index is 2140. The van der Waals surface area contributed by atoms with E-state index in [2.05, 4.69) is 111 Å². The number of fused-ring (bicyclic) bond motifs is 3. The van der Waals surface area contributed by atoms with E-state index in [1.807, 2.05) is 48.8 Å². The van der Waals surface area contributed by atoms with Gasteiger partial charge >= 0.3 is 0 Å². The van der Waals surface area contributed by atoms with Gasteiger partial charge in [0.2, 0.25) is 0 Å². The van der Waals surface area contributed by atoms with Gasteiger partial charge in [-0.15, -0.1) is 10.2 Å². The Morgan fingerprint density at radius 2 is 1.05 bits per heavy atom. The monoisotopic (exact) mass is 528 g/mol. The van der Waals surface area contributed by atoms with Crippen LogP contribution in [0.2, 0.25) is 0 Å². The molecule has 0 fully saturated rings. The molecule has 6 nitrogen and oxygen atoms in total. The van der Waals surface area contributed by atoms with Crippen LogP contribution >= 0.6 is 0 Å². The minimum Gasteiger partial charge on any atom is -0.291 e. The fourth-order valence-corrected chi connectivity index (χ4v) is 5.66.